The average molecular weight is 548 g/mol. The summed E-state index contributed by atoms with van der Waals surface area (Å²) >= 11 is 13.7. The predicted molar refractivity (Wildman–Crippen MR) is 147 cm³/mol. The van der Waals surface area contributed by atoms with E-state index in [1.54, 1.807) is 29.2 Å². The first-order valence-corrected chi connectivity index (χ1v) is 13.5. The minimum atomic E-state index is -0.730. The lowest BCUT2D eigenvalue weighted by atomic mass is 10.0. The Morgan fingerprint density at radius 1 is 0.972 bits per heavy atom. The summed E-state index contributed by atoms with van der Waals surface area (Å²) in [6, 6.07) is 20.0. The minimum Gasteiger partial charge on any atom is -0.352 e. The summed E-state index contributed by atoms with van der Waals surface area (Å²) in [5.74, 6) is -0.0941. The molecule has 3 aromatic carbocycles. The predicted octanol–water partition coefficient (Wildman–Crippen LogP) is 6.53. The van der Waals surface area contributed by atoms with Crippen LogP contribution in [-0.2, 0) is 28.3 Å². The lowest BCUT2D eigenvalue weighted by Crippen LogP contribution is -2.52. The molecule has 0 heterocycles. The van der Waals surface area contributed by atoms with E-state index in [9.17, 15) is 14.0 Å². The van der Waals surface area contributed by atoms with Crippen LogP contribution in [-0.4, -0.2) is 34.6 Å². The van der Waals surface area contributed by atoms with Crippen LogP contribution in [0.1, 0.15) is 30.5 Å². The van der Waals surface area contributed by atoms with Crippen molar-refractivity contribution in [1.82, 2.24) is 10.2 Å². The number of thioether (sulfide) groups is 1. The van der Waals surface area contributed by atoms with Gasteiger partial charge in [-0.3, -0.25) is 9.59 Å². The third-order valence-corrected chi connectivity index (χ3v) is 7.02. The number of rotatable bonds is 11. The van der Waals surface area contributed by atoms with Gasteiger partial charge in [-0.1, -0.05) is 71.7 Å². The van der Waals surface area contributed by atoms with Crippen molar-refractivity contribution in [3.63, 3.8) is 0 Å². The van der Waals surface area contributed by atoms with Crippen molar-refractivity contribution in [2.24, 2.45) is 0 Å². The Labute approximate surface area is 226 Å². The smallest absolute Gasteiger partial charge is 0.243 e. The van der Waals surface area contributed by atoms with Gasteiger partial charge in [-0.15, -0.1) is 11.8 Å². The van der Waals surface area contributed by atoms with Gasteiger partial charge in [-0.2, -0.15) is 0 Å². The molecule has 0 aliphatic carbocycles. The molecular formula is C28H29Cl2FN2O2S. The molecule has 3 aromatic rings. The van der Waals surface area contributed by atoms with Gasteiger partial charge in [0.1, 0.15) is 11.9 Å². The van der Waals surface area contributed by atoms with Crippen LogP contribution in [0.2, 0.25) is 10.0 Å². The lowest BCUT2D eigenvalue weighted by Gasteiger charge is -2.32. The number of amides is 2. The van der Waals surface area contributed by atoms with E-state index < -0.39 is 6.04 Å². The summed E-state index contributed by atoms with van der Waals surface area (Å²) in [5, 5.41) is 4.05. The van der Waals surface area contributed by atoms with Crippen LogP contribution in [0, 0.1) is 5.82 Å². The molecule has 0 aliphatic heterocycles. The second-order valence-corrected chi connectivity index (χ2v) is 10.6. The number of benzene rings is 3. The fourth-order valence-electron chi connectivity index (χ4n) is 3.69. The van der Waals surface area contributed by atoms with E-state index in [2.05, 4.69) is 5.32 Å². The van der Waals surface area contributed by atoms with Crippen molar-refractivity contribution in [3.8, 4) is 0 Å². The normalized spacial score (nSPS) is 11.8. The quantitative estimate of drug-likeness (QED) is 0.297. The van der Waals surface area contributed by atoms with Gasteiger partial charge in [0.2, 0.25) is 11.8 Å². The van der Waals surface area contributed by atoms with Gasteiger partial charge >= 0.3 is 0 Å². The number of hydrogen-bond donors (Lipinski definition) is 1. The first kappa shape index (κ1) is 28.0. The summed E-state index contributed by atoms with van der Waals surface area (Å²) < 4.78 is 13.5. The summed E-state index contributed by atoms with van der Waals surface area (Å²) in [4.78, 5) is 28.5. The van der Waals surface area contributed by atoms with Crippen molar-refractivity contribution in [1.29, 1.82) is 0 Å². The van der Waals surface area contributed by atoms with Crippen molar-refractivity contribution in [2.45, 2.75) is 44.6 Å². The maximum atomic E-state index is 13.6. The molecule has 4 nitrogen and oxygen atoms in total. The summed E-state index contributed by atoms with van der Waals surface area (Å²) in [6.07, 6.45) is 0.361. The molecule has 0 radical (unpaired) electrons. The van der Waals surface area contributed by atoms with Crippen molar-refractivity contribution >= 4 is 46.8 Å². The fourth-order valence-corrected chi connectivity index (χ4v) is 5.16. The molecule has 0 fully saturated rings. The second-order valence-electron chi connectivity index (χ2n) is 8.75. The standard InChI is InChI=1S/C28H29Cl2FN2O2S/c1-19(2)32-28(35)26(14-20-6-4-3-5-7-20)33(16-21-8-12-24(31)13-9-21)27(34)18-36-17-22-10-11-23(29)15-25(22)30/h3-13,15,19,26H,14,16-18H2,1-2H3,(H,32,35)/t26-/m0/s1. The highest BCUT2D eigenvalue weighted by atomic mass is 35.5. The molecule has 0 bridgehead atoms. The highest BCUT2D eigenvalue weighted by Crippen LogP contribution is 2.25. The molecule has 1 N–H and O–H groups in total. The lowest BCUT2D eigenvalue weighted by molar-refractivity contribution is -0.139. The fraction of sp³-hybridized carbons (Fsp3) is 0.286. The number of nitrogens with zero attached hydrogens (tertiary/aromatic N) is 1. The molecule has 36 heavy (non-hydrogen) atoms. The number of halogens is 3. The Kier molecular flexibility index (Phi) is 10.7. The Bertz CT molecular complexity index is 1160. The Morgan fingerprint density at radius 2 is 1.67 bits per heavy atom. The Morgan fingerprint density at radius 3 is 2.31 bits per heavy atom. The van der Waals surface area contributed by atoms with Crippen LogP contribution in [0.25, 0.3) is 0 Å². The molecule has 0 saturated carbocycles. The minimum absolute atomic E-state index is 0.0834. The van der Waals surface area contributed by atoms with Crippen molar-refractivity contribution < 1.29 is 14.0 Å². The first-order chi connectivity index (χ1) is 17.2. The maximum Gasteiger partial charge on any atom is 0.243 e. The molecule has 0 aromatic heterocycles. The second kappa shape index (κ2) is 13.7. The number of hydrogen-bond acceptors (Lipinski definition) is 3. The molecule has 2 amide bonds. The molecule has 1 atom stereocenters. The van der Waals surface area contributed by atoms with E-state index in [1.807, 2.05) is 50.2 Å². The maximum absolute atomic E-state index is 13.6. The molecule has 3 rings (SSSR count). The van der Waals surface area contributed by atoms with Gasteiger partial charge < -0.3 is 10.2 Å². The zero-order valence-electron chi connectivity index (χ0n) is 20.2. The zero-order chi connectivity index (χ0) is 26.1. The van der Waals surface area contributed by atoms with Crippen LogP contribution in [0.3, 0.4) is 0 Å². The molecule has 190 valence electrons. The van der Waals surface area contributed by atoms with Gasteiger partial charge in [0.15, 0.2) is 0 Å². The summed E-state index contributed by atoms with van der Waals surface area (Å²) in [7, 11) is 0. The van der Waals surface area contributed by atoms with Gasteiger partial charge in [0.25, 0.3) is 0 Å². The van der Waals surface area contributed by atoms with Gasteiger partial charge in [-0.25, -0.2) is 4.39 Å². The highest BCUT2D eigenvalue weighted by Gasteiger charge is 2.30. The number of carbonyl (C=O) groups excluding carboxylic acids is 2. The van der Waals surface area contributed by atoms with Gasteiger partial charge in [-0.05, 0) is 54.8 Å². The number of nitrogens with one attached hydrogen (secondary N) is 1. The summed E-state index contributed by atoms with van der Waals surface area (Å²) in [5.41, 5.74) is 2.56. The first-order valence-electron chi connectivity index (χ1n) is 11.6. The van der Waals surface area contributed by atoms with E-state index in [-0.39, 0.29) is 36.0 Å². The van der Waals surface area contributed by atoms with E-state index >= 15 is 0 Å². The molecule has 0 saturated heterocycles. The molecule has 0 aliphatic rings. The monoisotopic (exact) mass is 546 g/mol. The van der Waals surface area contributed by atoms with Crippen LogP contribution in [0.15, 0.2) is 72.8 Å². The highest BCUT2D eigenvalue weighted by molar-refractivity contribution is 7.99. The zero-order valence-corrected chi connectivity index (χ0v) is 22.5. The third kappa shape index (κ3) is 8.54. The Balaban J connectivity index is 1.84. The number of carbonyl (C=O) groups is 2. The largest absolute Gasteiger partial charge is 0.352 e. The SMILES string of the molecule is CC(C)NC(=O)[C@H](Cc1ccccc1)N(Cc1ccc(F)cc1)C(=O)CSCc1ccc(Cl)cc1Cl. The van der Waals surface area contributed by atoms with Gasteiger partial charge in [0, 0.05) is 34.8 Å². The van der Waals surface area contributed by atoms with E-state index in [1.165, 1.54) is 23.9 Å². The molecule has 0 spiro atoms. The van der Waals surface area contributed by atoms with Crippen molar-refractivity contribution in [2.75, 3.05) is 5.75 Å². The van der Waals surface area contributed by atoms with Crippen LogP contribution >= 0.6 is 35.0 Å². The van der Waals surface area contributed by atoms with Crippen LogP contribution in [0.5, 0.6) is 0 Å². The third-order valence-electron chi connectivity index (χ3n) is 5.47. The van der Waals surface area contributed by atoms with E-state index in [4.69, 9.17) is 23.2 Å². The Hall–Kier alpha value is -2.54. The van der Waals surface area contributed by atoms with Crippen LogP contribution < -0.4 is 5.32 Å². The van der Waals surface area contributed by atoms with Crippen LogP contribution in [0.4, 0.5) is 4.39 Å². The topological polar surface area (TPSA) is 49.4 Å². The van der Waals surface area contributed by atoms with E-state index in [0.29, 0.717) is 22.2 Å². The van der Waals surface area contributed by atoms with Gasteiger partial charge in [0.05, 0.1) is 5.75 Å². The summed E-state index contributed by atoms with van der Waals surface area (Å²) in [6.45, 7) is 3.95. The van der Waals surface area contributed by atoms with E-state index in [0.717, 1.165) is 16.7 Å². The average Bonchev–Trinajstić information content (AvgIpc) is 2.84. The molecule has 8 heteroatoms. The molecular weight excluding hydrogens is 518 g/mol. The molecule has 0 unspecified atom stereocenters. The van der Waals surface area contributed by atoms with Crippen molar-refractivity contribution in [3.05, 3.63) is 105 Å².